The number of hydrogen-bond acceptors (Lipinski definition) is 7. The summed E-state index contributed by atoms with van der Waals surface area (Å²) < 4.78 is 28.1. The van der Waals surface area contributed by atoms with Crippen LogP contribution in [-0.4, -0.2) is 69.4 Å². The van der Waals surface area contributed by atoms with Gasteiger partial charge in [-0.15, -0.1) is 0 Å². The van der Waals surface area contributed by atoms with Gasteiger partial charge in [-0.2, -0.15) is 0 Å². The van der Waals surface area contributed by atoms with Crippen molar-refractivity contribution in [2.75, 3.05) is 44.6 Å². The highest BCUT2D eigenvalue weighted by atomic mass is 32.2. The Bertz CT molecular complexity index is 634. The molecule has 1 aromatic heterocycles. The normalized spacial score (nSPS) is 25.0. The van der Waals surface area contributed by atoms with Gasteiger partial charge in [0.05, 0.1) is 17.6 Å². The minimum Gasteiger partial charge on any atom is -0.396 e. The molecular formula is C16H26N2O5S. The van der Waals surface area contributed by atoms with Gasteiger partial charge in [-0.25, -0.2) is 13.4 Å². The van der Waals surface area contributed by atoms with E-state index in [0.29, 0.717) is 38.4 Å². The number of aliphatic hydroxyl groups is 2. The fourth-order valence-corrected chi connectivity index (χ4v) is 3.73. The van der Waals surface area contributed by atoms with Crippen LogP contribution in [0, 0.1) is 5.41 Å². The molecule has 7 nitrogen and oxygen atoms in total. The first kappa shape index (κ1) is 19.1. The first-order valence-electron chi connectivity index (χ1n) is 8.01. The van der Waals surface area contributed by atoms with E-state index in [4.69, 9.17) is 4.74 Å². The molecule has 0 aliphatic carbocycles. The van der Waals surface area contributed by atoms with E-state index >= 15 is 0 Å². The summed E-state index contributed by atoms with van der Waals surface area (Å²) in [6.07, 6.45) is 3.85. The molecule has 2 rings (SSSR count). The molecule has 1 fully saturated rings. The number of piperidine rings is 1. The predicted molar refractivity (Wildman–Crippen MR) is 90.8 cm³/mol. The molecule has 24 heavy (non-hydrogen) atoms. The second-order valence-electron chi connectivity index (χ2n) is 6.47. The lowest BCUT2D eigenvalue weighted by Gasteiger charge is -2.46. The zero-order chi connectivity index (χ0) is 17.8. The van der Waals surface area contributed by atoms with E-state index in [2.05, 4.69) is 4.98 Å². The standard InChI is InChI=1S/C16H26N2O5S/c1-23-9-3-7-16(12-19)11-18(8-6-14(16)20)15-5-4-13(10-17-15)24(2,21)22/h4-5,10,14,19-20H,3,6-9,11-12H2,1-2H3/t14-,16+/m1/s1. The van der Waals surface area contributed by atoms with Crippen molar-refractivity contribution in [2.45, 2.75) is 30.3 Å². The van der Waals surface area contributed by atoms with Gasteiger partial charge in [0.1, 0.15) is 5.82 Å². The molecule has 0 spiro atoms. The average Bonchev–Trinajstić information content (AvgIpc) is 2.56. The Morgan fingerprint density at radius 2 is 2.21 bits per heavy atom. The third-order valence-electron chi connectivity index (χ3n) is 4.70. The van der Waals surface area contributed by atoms with Gasteiger partial charge in [0.25, 0.3) is 0 Å². The number of ether oxygens (including phenoxy) is 1. The van der Waals surface area contributed by atoms with Crippen LogP contribution in [0.1, 0.15) is 19.3 Å². The number of pyridine rings is 1. The lowest BCUT2D eigenvalue weighted by molar-refractivity contribution is -0.0388. The summed E-state index contributed by atoms with van der Waals surface area (Å²) >= 11 is 0. The van der Waals surface area contributed by atoms with Crippen LogP contribution in [0.15, 0.2) is 23.2 Å². The van der Waals surface area contributed by atoms with Crippen molar-refractivity contribution in [1.82, 2.24) is 4.98 Å². The summed E-state index contributed by atoms with van der Waals surface area (Å²) in [5.41, 5.74) is -0.617. The SMILES string of the molecule is COCCC[C@@]1(CO)CN(c2ccc(S(C)(=O)=O)cn2)CC[C@H]1O. The maximum absolute atomic E-state index is 11.5. The molecule has 0 saturated carbocycles. The van der Waals surface area contributed by atoms with Crippen LogP contribution < -0.4 is 4.90 Å². The largest absolute Gasteiger partial charge is 0.396 e. The smallest absolute Gasteiger partial charge is 0.177 e. The summed E-state index contributed by atoms with van der Waals surface area (Å²) in [5, 5.41) is 20.3. The van der Waals surface area contributed by atoms with Crippen LogP contribution >= 0.6 is 0 Å². The summed E-state index contributed by atoms with van der Waals surface area (Å²) in [6, 6.07) is 3.21. The van der Waals surface area contributed by atoms with E-state index in [9.17, 15) is 18.6 Å². The summed E-state index contributed by atoms with van der Waals surface area (Å²) in [7, 11) is -1.65. The maximum Gasteiger partial charge on any atom is 0.177 e. The molecule has 0 amide bonds. The number of aliphatic hydroxyl groups excluding tert-OH is 2. The summed E-state index contributed by atoms with van der Waals surface area (Å²) in [6.45, 7) is 1.55. The highest BCUT2D eigenvalue weighted by Gasteiger charge is 2.42. The molecule has 0 unspecified atom stereocenters. The van der Waals surface area contributed by atoms with Crippen LogP contribution in [0.25, 0.3) is 0 Å². The third kappa shape index (κ3) is 4.24. The van der Waals surface area contributed by atoms with Gasteiger partial charge >= 0.3 is 0 Å². The quantitative estimate of drug-likeness (QED) is 0.683. The molecule has 1 aliphatic heterocycles. The van der Waals surface area contributed by atoms with Crippen molar-refractivity contribution in [2.24, 2.45) is 5.41 Å². The first-order valence-corrected chi connectivity index (χ1v) is 9.90. The highest BCUT2D eigenvalue weighted by Crippen LogP contribution is 2.36. The number of rotatable bonds is 7. The number of nitrogens with zero attached hydrogens (tertiary/aromatic N) is 2. The van der Waals surface area contributed by atoms with Crippen molar-refractivity contribution in [3.05, 3.63) is 18.3 Å². The first-order chi connectivity index (χ1) is 11.3. The van der Waals surface area contributed by atoms with E-state index in [1.807, 2.05) is 4.90 Å². The minimum absolute atomic E-state index is 0.115. The zero-order valence-corrected chi connectivity index (χ0v) is 15.0. The van der Waals surface area contributed by atoms with Crippen molar-refractivity contribution < 1.29 is 23.4 Å². The molecule has 1 saturated heterocycles. The van der Waals surface area contributed by atoms with Gasteiger partial charge in [0.15, 0.2) is 9.84 Å². The third-order valence-corrected chi connectivity index (χ3v) is 5.79. The average molecular weight is 358 g/mol. The molecule has 0 aromatic carbocycles. The predicted octanol–water partition coefficient (Wildman–Crippen LogP) is 0.461. The molecule has 0 bridgehead atoms. The Labute approximate surface area is 143 Å². The van der Waals surface area contributed by atoms with Crippen molar-refractivity contribution >= 4 is 15.7 Å². The molecular weight excluding hydrogens is 332 g/mol. The molecule has 2 N–H and O–H groups in total. The van der Waals surface area contributed by atoms with E-state index < -0.39 is 21.4 Å². The van der Waals surface area contributed by atoms with Crippen molar-refractivity contribution in [3.63, 3.8) is 0 Å². The lowest BCUT2D eigenvalue weighted by atomic mass is 9.74. The topological polar surface area (TPSA) is 100.0 Å². The van der Waals surface area contributed by atoms with Crippen LogP contribution in [0.4, 0.5) is 5.82 Å². The Hall–Kier alpha value is -1.22. The maximum atomic E-state index is 11.5. The number of aromatic nitrogens is 1. The number of anilines is 1. The Morgan fingerprint density at radius 3 is 2.75 bits per heavy atom. The summed E-state index contributed by atoms with van der Waals surface area (Å²) in [5.74, 6) is 0.652. The van der Waals surface area contributed by atoms with Crippen LogP contribution in [0.2, 0.25) is 0 Å². The molecule has 2 heterocycles. The monoisotopic (exact) mass is 358 g/mol. The second-order valence-corrected chi connectivity index (χ2v) is 8.48. The molecule has 1 aliphatic rings. The lowest BCUT2D eigenvalue weighted by Crippen LogP contribution is -2.54. The van der Waals surface area contributed by atoms with Gasteiger partial charge in [0, 0.05) is 44.7 Å². The zero-order valence-electron chi connectivity index (χ0n) is 14.2. The molecule has 8 heteroatoms. The molecule has 136 valence electrons. The Kier molecular flexibility index (Phi) is 6.19. The van der Waals surface area contributed by atoms with Gasteiger partial charge in [0.2, 0.25) is 0 Å². The fraction of sp³-hybridized carbons (Fsp3) is 0.688. The number of sulfone groups is 1. The van der Waals surface area contributed by atoms with Gasteiger partial charge in [-0.05, 0) is 31.4 Å². The minimum atomic E-state index is -3.28. The van der Waals surface area contributed by atoms with E-state index in [-0.39, 0.29) is 11.5 Å². The van der Waals surface area contributed by atoms with Gasteiger partial charge < -0.3 is 19.8 Å². The van der Waals surface area contributed by atoms with Gasteiger partial charge in [-0.1, -0.05) is 0 Å². The fourth-order valence-electron chi connectivity index (χ4n) is 3.17. The summed E-state index contributed by atoms with van der Waals surface area (Å²) in [4.78, 5) is 6.41. The Balaban J connectivity index is 2.16. The highest BCUT2D eigenvalue weighted by molar-refractivity contribution is 7.90. The molecule has 2 atom stereocenters. The van der Waals surface area contributed by atoms with Crippen LogP contribution in [0.5, 0.6) is 0 Å². The second kappa shape index (κ2) is 7.77. The number of hydrogen-bond donors (Lipinski definition) is 2. The van der Waals surface area contributed by atoms with E-state index in [1.54, 1.807) is 13.2 Å². The van der Waals surface area contributed by atoms with Gasteiger partial charge in [-0.3, -0.25) is 0 Å². The van der Waals surface area contributed by atoms with E-state index in [1.165, 1.54) is 12.3 Å². The van der Waals surface area contributed by atoms with Crippen LogP contribution in [-0.2, 0) is 14.6 Å². The van der Waals surface area contributed by atoms with Crippen molar-refractivity contribution in [1.29, 1.82) is 0 Å². The van der Waals surface area contributed by atoms with E-state index in [0.717, 1.165) is 12.7 Å². The molecule has 0 radical (unpaired) electrons. The Morgan fingerprint density at radius 1 is 1.46 bits per heavy atom. The van der Waals surface area contributed by atoms with Crippen molar-refractivity contribution in [3.8, 4) is 0 Å². The van der Waals surface area contributed by atoms with Crippen LogP contribution in [0.3, 0.4) is 0 Å². The number of methoxy groups -OCH3 is 1. The molecule has 1 aromatic rings.